The first kappa shape index (κ1) is 24.9. The number of benzene rings is 2. The zero-order valence-corrected chi connectivity index (χ0v) is 19.9. The van der Waals surface area contributed by atoms with Crippen LogP contribution < -0.4 is 0 Å². The maximum atomic E-state index is 11.3. The van der Waals surface area contributed by atoms with Crippen LogP contribution in [0.3, 0.4) is 0 Å². The van der Waals surface area contributed by atoms with E-state index in [0.717, 1.165) is 22.5 Å². The van der Waals surface area contributed by atoms with E-state index in [2.05, 4.69) is 19.4 Å². The minimum absolute atomic E-state index is 0.272. The van der Waals surface area contributed by atoms with E-state index < -0.39 is 11.9 Å². The number of pyridine rings is 2. The van der Waals surface area contributed by atoms with Crippen LogP contribution in [0.25, 0.3) is 22.5 Å². The van der Waals surface area contributed by atoms with Gasteiger partial charge in [0.25, 0.3) is 0 Å². The molecule has 4 aromatic rings. The molecule has 0 aliphatic carbocycles. The van der Waals surface area contributed by atoms with Gasteiger partial charge in [-0.25, -0.2) is 9.59 Å². The van der Waals surface area contributed by atoms with Crippen molar-refractivity contribution >= 4 is 35.1 Å². The van der Waals surface area contributed by atoms with E-state index in [9.17, 15) is 9.59 Å². The Bertz CT molecular complexity index is 1180. The molecule has 0 N–H and O–H groups in total. The number of aromatic nitrogens is 2. The normalized spacial score (nSPS) is 10.0. The molecule has 0 fully saturated rings. The van der Waals surface area contributed by atoms with Gasteiger partial charge in [0.15, 0.2) is 0 Å². The molecule has 0 saturated carbocycles. The maximum Gasteiger partial charge on any atom is 0.340 e. The third-order valence-corrected chi connectivity index (χ3v) is 5.28. The Labute approximate surface area is 207 Å². The van der Waals surface area contributed by atoms with Gasteiger partial charge in [0, 0.05) is 23.5 Å². The average Bonchev–Trinajstić information content (AvgIpc) is 2.89. The number of hydrogen-bond acceptors (Lipinski definition) is 6. The van der Waals surface area contributed by atoms with Crippen molar-refractivity contribution in [2.24, 2.45) is 0 Å². The summed E-state index contributed by atoms with van der Waals surface area (Å²) in [7, 11) is 2.62. The largest absolute Gasteiger partial charge is 0.465 e. The minimum Gasteiger partial charge on any atom is -0.465 e. The van der Waals surface area contributed by atoms with Crippen molar-refractivity contribution < 1.29 is 19.1 Å². The van der Waals surface area contributed by atoms with Crippen molar-refractivity contribution in [1.82, 2.24) is 9.97 Å². The topological polar surface area (TPSA) is 78.4 Å². The van der Waals surface area contributed by atoms with Crippen LogP contribution in [-0.2, 0) is 9.47 Å². The van der Waals surface area contributed by atoms with Crippen molar-refractivity contribution in [1.29, 1.82) is 0 Å². The molecular formula is C26H20Cl2N2O4. The first-order chi connectivity index (χ1) is 16.4. The molecule has 0 aliphatic rings. The van der Waals surface area contributed by atoms with Crippen molar-refractivity contribution in [2.75, 3.05) is 14.2 Å². The number of nitrogens with zero attached hydrogens (tertiary/aromatic N) is 2. The monoisotopic (exact) mass is 494 g/mol. The van der Waals surface area contributed by atoms with Crippen LogP contribution in [0, 0.1) is 0 Å². The Morgan fingerprint density at radius 2 is 1.00 bits per heavy atom. The molecule has 4 rings (SSSR count). The van der Waals surface area contributed by atoms with Crippen LogP contribution in [0.1, 0.15) is 20.7 Å². The SMILES string of the molecule is COC(=O)c1cnc(-c2ccccc2)cc1Cl.COC(=O)c1cnc(-c2ccccc2)cc1Cl. The highest BCUT2D eigenvalue weighted by atomic mass is 35.5. The number of methoxy groups -OCH3 is 2. The number of ether oxygens (including phenoxy) is 2. The van der Waals surface area contributed by atoms with Gasteiger partial charge in [0.05, 0.1) is 46.8 Å². The van der Waals surface area contributed by atoms with Gasteiger partial charge in [-0.3, -0.25) is 9.97 Å². The lowest BCUT2D eigenvalue weighted by Gasteiger charge is -2.04. The molecule has 6 nitrogen and oxygen atoms in total. The quantitative estimate of drug-likeness (QED) is 0.306. The molecule has 34 heavy (non-hydrogen) atoms. The highest BCUT2D eigenvalue weighted by Gasteiger charge is 2.13. The Hall–Kier alpha value is -3.74. The molecule has 0 radical (unpaired) electrons. The molecule has 172 valence electrons. The minimum atomic E-state index is -0.484. The Kier molecular flexibility index (Phi) is 8.73. The summed E-state index contributed by atoms with van der Waals surface area (Å²) in [6.45, 7) is 0. The zero-order chi connectivity index (χ0) is 24.5. The summed E-state index contributed by atoms with van der Waals surface area (Å²) in [5.74, 6) is -0.968. The second kappa shape index (κ2) is 11.9. The molecule has 0 saturated heterocycles. The fourth-order valence-corrected chi connectivity index (χ4v) is 3.37. The molecule has 2 aromatic heterocycles. The van der Waals surface area contributed by atoms with E-state index in [1.165, 1.54) is 26.6 Å². The summed E-state index contributed by atoms with van der Waals surface area (Å²) in [6, 6.07) is 22.5. The first-order valence-electron chi connectivity index (χ1n) is 10.0. The lowest BCUT2D eigenvalue weighted by atomic mass is 10.1. The van der Waals surface area contributed by atoms with E-state index in [4.69, 9.17) is 23.2 Å². The maximum absolute atomic E-state index is 11.3. The Balaban J connectivity index is 0.000000191. The third kappa shape index (κ3) is 6.19. The molecule has 2 aromatic carbocycles. The van der Waals surface area contributed by atoms with Gasteiger partial charge in [-0.1, -0.05) is 83.9 Å². The molecule has 0 aliphatic heterocycles. The summed E-state index contributed by atoms with van der Waals surface area (Å²) in [6.07, 6.45) is 2.85. The van der Waals surface area contributed by atoms with Crippen LogP contribution in [0.4, 0.5) is 0 Å². The van der Waals surface area contributed by atoms with E-state index in [-0.39, 0.29) is 11.1 Å². The van der Waals surface area contributed by atoms with Gasteiger partial charge in [-0.05, 0) is 12.1 Å². The van der Waals surface area contributed by atoms with E-state index in [0.29, 0.717) is 10.0 Å². The number of carbonyl (C=O) groups is 2. The standard InChI is InChI=1S/2C13H10ClNO2/c2*1-17-13(16)10-8-15-12(7-11(10)14)9-5-3-2-4-6-9/h2*2-8H,1H3. The number of hydrogen-bond donors (Lipinski definition) is 0. The number of carbonyl (C=O) groups excluding carboxylic acids is 2. The van der Waals surface area contributed by atoms with Crippen LogP contribution in [0.5, 0.6) is 0 Å². The van der Waals surface area contributed by atoms with Crippen molar-refractivity contribution in [3.05, 3.63) is 106 Å². The van der Waals surface area contributed by atoms with E-state index in [1.807, 2.05) is 60.7 Å². The van der Waals surface area contributed by atoms with Gasteiger partial charge < -0.3 is 9.47 Å². The fraction of sp³-hybridized carbons (Fsp3) is 0.0769. The number of esters is 2. The molecule has 0 unspecified atom stereocenters. The number of halogens is 2. The third-order valence-electron chi connectivity index (χ3n) is 4.66. The lowest BCUT2D eigenvalue weighted by Crippen LogP contribution is -2.03. The van der Waals surface area contributed by atoms with Crippen LogP contribution in [0.15, 0.2) is 85.2 Å². The lowest BCUT2D eigenvalue weighted by molar-refractivity contribution is 0.0591. The fourth-order valence-electron chi connectivity index (χ4n) is 2.92. The summed E-state index contributed by atoms with van der Waals surface area (Å²) >= 11 is 12.0. The first-order valence-corrected chi connectivity index (χ1v) is 10.8. The average molecular weight is 495 g/mol. The molecule has 0 bridgehead atoms. The van der Waals surface area contributed by atoms with Gasteiger partial charge in [-0.15, -0.1) is 0 Å². The Morgan fingerprint density at radius 1 is 0.647 bits per heavy atom. The van der Waals surface area contributed by atoms with Crippen LogP contribution in [0.2, 0.25) is 10.0 Å². The highest BCUT2D eigenvalue weighted by Crippen LogP contribution is 2.24. The predicted molar refractivity (Wildman–Crippen MR) is 132 cm³/mol. The Morgan fingerprint density at radius 3 is 1.29 bits per heavy atom. The summed E-state index contributed by atoms with van der Waals surface area (Å²) < 4.78 is 9.20. The van der Waals surface area contributed by atoms with Crippen LogP contribution in [-0.4, -0.2) is 36.1 Å². The zero-order valence-electron chi connectivity index (χ0n) is 18.4. The second-order valence-corrected chi connectivity index (χ2v) is 7.63. The summed E-state index contributed by atoms with van der Waals surface area (Å²) in [4.78, 5) is 31.1. The number of rotatable bonds is 4. The van der Waals surface area contributed by atoms with Crippen LogP contribution >= 0.6 is 23.2 Å². The van der Waals surface area contributed by atoms with Crippen molar-refractivity contribution in [2.45, 2.75) is 0 Å². The van der Waals surface area contributed by atoms with Crippen molar-refractivity contribution in [3.63, 3.8) is 0 Å². The summed E-state index contributed by atoms with van der Waals surface area (Å²) in [5, 5.41) is 0.677. The predicted octanol–water partition coefficient (Wildman–Crippen LogP) is 6.38. The molecule has 8 heteroatoms. The van der Waals surface area contributed by atoms with Crippen molar-refractivity contribution in [3.8, 4) is 22.5 Å². The van der Waals surface area contributed by atoms with Gasteiger partial charge in [-0.2, -0.15) is 0 Å². The molecule has 0 atom stereocenters. The summed E-state index contributed by atoms with van der Waals surface area (Å²) in [5.41, 5.74) is 3.89. The highest BCUT2D eigenvalue weighted by molar-refractivity contribution is 6.34. The smallest absolute Gasteiger partial charge is 0.340 e. The van der Waals surface area contributed by atoms with E-state index >= 15 is 0 Å². The van der Waals surface area contributed by atoms with Gasteiger partial charge in [0.1, 0.15) is 0 Å². The molecule has 0 amide bonds. The van der Waals surface area contributed by atoms with Gasteiger partial charge >= 0.3 is 11.9 Å². The molecule has 0 spiro atoms. The van der Waals surface area contributed by atoms with E-state index in [1.54, 1.807) is 12.1 Å². The second-order valence-electron chi connectivity index (χ2n) is 6.81. The molecular weight excluding hydrogens is 475 g/mol. The van der Waals surface area contributed by atoms with Gasteiger partial charge in [0.2, 0.25) is 0 Å². The molecule has 2 heterocycles.